The van der Waals surface area contributed by atoms with Gasteiger partial charge in [0.15, 0.2) is 11.4 Å². The normalized spacial score (nSPS) is 22.7. The SMILES string of the molecule is CCCCOc1cc2ccccc2nc1C(=O)N[C@@H]1CNC(=O)[C@H](C(C)C)N(C)C(=O)CN(C)C(=O)CNC(=O)[C@@H]2CCCCN2C(=O)[C@H](NC(=O)OCc2ccccc2)CNC(=O)[C@H](C(C)C)N(C)C(=O)CN(C)C(=O)CNC(=O)[C@@H]2CCCCN2C1=O. The predicted octanol–water partition coefficient (Wildman–Crippen LogP) is 0.931. The van der Waals surface area contributed by atoms with Gasteiger partial charge in [0.1, 0.15) is 42.9 Å². The Balaban J connectivity index is 1.30. The van der Waals surface area contributed by atoms with Gasteiger partial charge in [-0.15, -0.1) is 0 Å². The topological polar surface area (TPSA) is 328 Å². The Morgan fingerprint density at radius 3 is 1.58 bits per heavy atom. The van der Waals surface area contributed by atoms with E-state index in [9.17, 15) is 52.7 Å². The van der Waals surface area contributed by atoms with E-state index >= 15 is 4.79 Å². The second-order valence-electron chi connectivity index (χ2n) is 23.4. The van der Waals surface area contributed by atoms with Gasteiger partial charge in [-0.3, -0.25) is 52.7 Å². The van der Waals surface area contributed by atoms with Crippen LogP contribution in [0.5, 0.6) is 5.75 Å². The molecule has 484 valence electrons. The quantitative estimate of drug-likeness (QED) is 0.146. The number of hydrogen-bond acceptors (Lipinski definition) is 15. The highest BCUT2D eigenvalue weighted by molar-refractivity contribution is 6.02. The van der Waals surface area contributed by atoms with E-state index in [1.165, 1.54) is 38.0 Å². The molecule has 3 fully saturated rings. The number of pyridine rings is 1. The number of hydrogen-bond donors (Lipinski definition) is 6. The molecule has 6 N–H and O–H groups in total. The van der Waals surface area contributed by atoms with Crippen molar-refractivity contribution in [1.29, 1.82) is 0 Å². The van der Waals surface area contributed by atoms with Gasteiger partial charge in [0.2, 0.25) is 59.1 Å². The van der Waals surface area contributed by atoms with E-state index in [-0.39, 0.29) is 50.6 Å². The lowest BCUT2D eigenvalue weighted by Crippen LogP contribution is -2.61. The number of ether oxygens (including phenoxy) is 2. The number of likely N-dealkylation sites (N-methyl/N-ethyl adjacent to an activating group) is 4. The van der Waals surface area contributed by atoms with Crippen LogP contribution in [-0.4, -0.2) is 229 Å². The maximum Gasteiger partial charge on any atom is 0.408 e. The molecular formula is C62H87N13O14. The molecule has 27 heteroatoms. The van der Waals surface area contributed by atoms with Crippen LogP contribution in [0.3, 0.4) is 0 Å². The molecule has 3 aromatic rings. The van der Waals surface area contributed by atoms with Gasteiger partial charge in [-0.1, -0.05) is 89.6 Å². The molecule has 2 aromatic carbocycles. The number of aromatic nitrogens is 1. The first-order valence-electron chi connectivity index (χ1n) is 30.4. The number of alkyl carbamates (subject to hydrolysis) is 1. The summed E-state index contributed by atoms with van der Waals surface area (Å²) in [7, 11) is 5.41. The highest BCUT2D eigenvalue weighted by atomic mass is 16.5. The van der Waals surface area contributed by atoms with Crippen molar-refractivity contribution >= 4 is 82.0 Å². The van der Waals surface area contributed by atoms with E-state index in [0.717, 1.165) is 26.0 Å². The highest BCUT2D eigenvalue weighted by Crippen LogP contribution is 2.26. The van der Waals surface area contributed by atoms with E-state index in [4.69, 9.17) is 9.47 Å². The average molecular weight is 1240 g/mol. The molecule has 4 heterocycles. The minimum Gasteiger partial charge on any atom is -0.491 e. The van der Waals surface area contributed by atoms with Crippen molar-refractivity contribution in [2.24, 2.45) is 11.8 Å². The third-order valence-corrected chi connectivity index (χ3v) is 16.0. The molecule has 6 atom stereocenters. The predicted molar refractivity (Wildman–Crippen MR) is 326 cm³/mol. The van der Waals surface area contributed by atoms with Crippen LogP contribution in [0.25, 0.3) is 10.9 Å². The van der Waals surface area contributed by atoms with E-state index in [1.54, 1.807) is 82.3 Å². The second-order valence-corrected chi connectivity index (χ2v) is 23.4. The Hall–Kier alpha value is -8.91. The Kier molecular flexibility index (Phi) is 25.6. The van der Waals surface area contributed by atoms with Crippen LogP contribution in [0.2, 0.25) is 0 Å². The fourth-order valence-corrected chi connectivity index (χ4v) is 11.0. The van der Waals surface area contributed by atoms with Crippen molar-refractivity contribution in [2.75, 3.05) is 87.2 Å². The van der Waals surface area contributed by atoms with Crippen LogP contribution in [0.15, 0.2) is 60.7 Å². The number of para-hydroxylation sites is 1. The number of nitrogens with zero attached hydrogens (tertiary/aromatic N) is 7. The Labute approximate surface area is 519 Å². The van der Waals surface area contributed by atoms with Gasteiger partial charge in [-0.25, -0.2) is 9.78 Å². The summed E-state index contributed by atoms with van der Waals surface area (Å²) in [4.78, 5) is 181. The van der Waals surface area contributed by atoms with Gasteiger partial charge in [-0.05, 0) is 74.5 Å². The molecule has 3 saturated heterocycles. The Morgan fingerprint density at radius 2 is 1.09 bits per heavy atom. The van der Waals surface area contributed by atoms with E-state index < -0.39 is 158 Å². The second kappa shape index (κ2) is 32.9. The lowest BCUT2D eigenvalue weighted by molar-refractivity contribution is -0.146. The van der Waals surface area contributed by atoms with Crippen molar-refractivity contribution in [3.63, 3.8) is 0 Å². The number of piperidine rings is 2. The third-order valence-electron chi connectivity index (χ3n) is 16.0. The summed E-state index contributed by atoms with van der Waals surface area (Å²) in [6.45, 7) is 5.57. The molecule has 0 bridgehead atoms. The number of rotatable bonds is 11. The molecule has 3 aliphatic rings. The summed E-state index contributed by atoms with van der Waals surface area (Å²) in [5.41, 5.74) is 0.968. The molecule has 0 aliphatic carbocycles. The fourth-order valence-electron chi connectivity index (χ4n) is 11.0. The lowest BCUT2D eigenvalue weighted by Gasteiger charge is -2.37. The Bertz CT molecular complexity index is 3050. The number of carbonyl (C=O) groups is 12. The molecule has 89 heavy (non-hydrogen) atoms. The van der Waals surface area contributed by atoms with E-state index in [0.29, 0.717) is 48.6 Å². The molecule has 12 amide bonds. The summed E-state index contributed by atoms with van der Waals surface area (Å²) in [5.74, 6) is -8.88. The van der Waals surface area contributed by atoms with E-state index in [2.05, 4.69) is 36.9 Å². The zero-order chi connectivity index (χ0) is 65.1. The molecule has 6 rings (SSSR count). The molecular weight excluding hydrogens is 1150 g/mol. The smallest absolute Gasteiger partial charge is 0.408 e. The zero-order valence-corrected chi connectivity index (χ0v) is 52.5. The van der Waals surface area contributed by atoms with Gasteiger partial charge in [0.05, 0.1) is 38.3 Å². The van der Waals surface area contributed by atoms with E-state index in [1.807, 2.05) is 13.0 Å². The molecule has 1 aromatic heterocycles. The van der Waals surface area contributed by atoms with Crippen LogP contribution in [-0.2, 0) is 59.3 Å². The van der Waals surface area contributed by atoms with Crippen molar-refractivity contribution in [2.45, 2.75) is 129 Å². The van der Waals surface area contributed by atoms with Crippen molar-refractivity contribution in [3.05, 3.63) is 71.9 Å². The summed E-state index contributed by atoms with van der Waals surface area (Å²) in [6, 6.07) is 9.77. The number of unbranched alkanes of at least 4 members (excludes halogenated alkanes) is 1. The average Bonchev–Trinajstić information content (AvgIpc) is 2.06. The lowest BCUT2D eigenvalue weighted by atomic mass is 9.99. The standard InChI is InChI=1S/C62H87N13O14/c1-10-11-29-88-47-30-41-23-15-16-24-42(41)67-52(47)57(82)68-43-31-63-58(83)53(38(2)3)72(8)50(78)35-70(6)49(77)34-66-56(81)46-26-18-20-28-75(46)61(86)44(69-62(87)89-37-40-21-13-12-14-22-40)32-64-59(84)54(39(4)5)73(9)51(79)36-71(7)48(76)33-65-55(80)45-25-17-19-27-74(45)60(43)85/h12-16,21-24,30,38-39,43-46,53-54H,10-11,17-20,25-29,31-37H2,1-9H3,(H,63,83)(H,64,84)(H,65,80)(H,66,81)(H,68,82)(H,69,87)/t43-,44-,45+,46+,53+,54+/m1/s1. The van der Waals surface area contributed by atoms with Crippen LogP contribution < -0.4 is 36.6 Å². The maximum absolute atomic E-state index is 15.0. The monoisotopic (exact) mass is 1240 g/mol. The summed E-state index contributed by atoms with van der Waals surface area (Å²) >= 11 is 0. The van der Waals surface area contributed by atoms with Gasteiger partial charge >= 0.3 is 6.09 Å². The minimum atomic E-state index is -1.54. The molecule has 0 saturated carbocycles. The van der Waals surface area contributed by atoms with Gasteiger partial charge in [-0.2, -0.15) is 0 Å². The molecule has 27 nitrogen and oxygen atoms in total. The molecule has 0 radical (unpaired) electrons. The maximum atomic E-state index is 15.0. The molecule has 0 unspecified atom stereocenters. The number of amides is 12. The third kappa shape index (κ3) is 18.8. The number of carbonyl (C=O) groups excluding carboxylic acids is 12. The fraction of sp³-hybridized carbons (Fsp3) is 0.565. The van der Waals surface area contributed by atoms with Gasteiger partial charge in [0.25, 0.3) is 5.91 Å². The molecule has 3 aliphatic heterocycles. The largest absolute Gasteiger partial charge is 0.491 e. The Morgan fingerprint density at radius 1 is 0.607 bits per heavy atom. The first-order valence-corrected chi connectivity index (χ1v) is 30.4. The summed E-state index contributed by atoms with van der Waals surface area (Å²) in [6.07, 6.45) is 2.73. The van der Waals surface area contributed by atoms with Crippen LogP contribution in [0.1, 0.15) is 102 Å². The van der Waals surface area contributed by atoms with Crippen molar-refractivity contribution < 1.29 is 67.0 Å². The van der Waals surface area contributed by atoms with Crippen molar-refractivity contribution in [1.82, 2.24) is 66.3 Å². The van der Waals surface area contributed by atoms with Crippen molar-refractivity contribution in [3.8, 4) is 5.75 Å². The molecule has 0 spiro atoms. The first-order chi connectivity index (χ1) is 42.4. The van der Waals surface area contributed by atoms with Crippen LogP contribution in [0.4, 0.5) is 4.79 Å². The van der Waals surface area contributed by atoms with Gasteiger partial charge in [0, 0.05) is 59.8 Å². The summed E-state index contributed by atoms with van der Waals surface area (Å²) < 4.78 is 11.5. The zero-order valence-electron chi connectivity index (χ0n) is 52.5. The van der Waals surface area contributed by atoms with Gasteiger partial charge < -0.3 is 70.8 Å². The minimum absolute atomic E-state index is 0.0473. The number of nitrogens with one attached hydrogen (secondary N) is 6. The van der Waals surface area contributed by atoms with Crippen LogP contribution in [0, 0.1) is 11.8 Å². The number of benzene rings is 2. The number of fused-ring (bicyclic) bond motifs is 3. The highest BCUT2D eigenvalue weighted by Gasteiger charge is 2.41. The first kappa shape index (κ1) is 69.2. The summed E-state index contributed by atoms with van der Waals surface area (Å²) in [5, 5.41) is 16.6. The van der Waals surface area contributed by atoms with Crippen LogP contribution >= 0.6 is 0 Å².